The number of aromatic hydroxyl groups is 1. The molecule has 0 saturated carbocycles. The molecule has 1 aliphatic carbocycles. The fraction of sp³-hybridized carbons (Fsp3) is 0. The van der Waals surface area contributed by atoms with E-state index in [2.05, 4.69) is 0 Å². The zero-order valence-electron chi connectivity index (χ0n) is 13.4. The Morgan fingerprint density at radius 1 is 0.846 bits per heavy atom. The average Bonchev–Trinajstić information content (AvgIpc) is 2.65. The van der Waals surface area contributed by atoms with Gasteiger partial charge in [-0.05, 0) is 35.9 Å². The highest BCUT2D eigenvalue weighted by Crippen LogP contribution is 2.41. The molecule has 4 rings (SSSR count). The molecule has 0 unspecified atom stereocenters. The van der Waals surface area contributed by atoms with E-state index in [1.54, 1.807) is 24.3 Å². The van der Waals surface area contributed by atoms with Gasteiger partial charge in [0.1, 0.15) is 23.4 Å². The molecule has 2 aliphatic rings. The normalized spacial score (nSPS) is 10.9. The van der Waals surface area contributed by atoms with Gasteiger partial charge >= 0.3 is 0 Å². The Kier molecular flexibility index (Phi) is 3.62. The molecule has 1 aliphatic heterocycles. The highest BCUT2D eigenvalue weighted by Gasteiger charge is 2.19. The summed E-state index contributed by atoms with van der Waals surface area (Å²) in [5.74, 6) is 0.374. The van der Waals surface area contributed by atoms with E-state index in [0.717, 1.165) is 0 Å². The molecule has 0 saturated heterocycles. The number of phenols is 1. The topological polar surface area (TPSA) is 84.6 Å². The van der Waals surface area contributed by atoms with E-state index in [0.29, 0.717) is 57.1 Å². The molecule has 1 heterocycles. The standard InChI is InChI=1S/C21H12O5/c22-10-12-1-4-16(13(7-12)11-23)21-17-5-2-14(24)8-19(17)26-20-9-15(25)3-6-18(20)21/h1-11,24H. The fourth-order valence-electron chi connectivity index (χ4n) is 3.13. The first-order chi connectivity index (χ1) is 12.6. The van der Waals surface area contributed by atoms with E-state index >= 15 is 0 Å². The molecule has 1 N–H and O–H groups in total. The van der Waals surface area contributed by atoms with Crippen molar-refractivity contribution in [2.75, 3.05) is 0 Å². The molecule has 0 fully saturated rings. The first-order valence-electron chi connectivity index (χ1n) is 7.85. The second-order valence-corrected chi connectivity index (χ2v) is 5.90. The fourth-order valence-corrected chi connectivity index (χ4v) is 3.13. The van der Waals surface area contributed by atoms with Gasteiger partial charge in [0.15, 0.2) is 11.7 Å². The third-order valence-corrected chi connectivity index (χ3v) is 4.28. The third-order valence-electron chi connectivity index (χ3n) is 4.28. The summed E-state index contributed by atoms with van der Waals surface area (Å²) in [6.45, 7) is 0. The molecule has 26 heavy (non-hydrogen) atoms. The molecule has 0 atom stereocenters. The van der Waals surface area contributed by atoms with Gasteiger partial charge in [0, 0.05) is 39.8 Å². The summed E-state index contributed by atoms with van der Waals surface area (Å²) in [7, 11) is 0. The Morgan fingerprint density at radius 3 is 2.42 bits per heavy atom. The van der Waals surface area contributed by atoms with Crippen LogP contribution in [0, 0.1) is 0 Å². The van der Waals surface area contributed by atoms with Crippen molar-refractivity contribution in [2.45, 2.75) is 0 Å². The van der Waals surface area contributed by atoms with Crippen LogP contribution in [0.4, 0.5) is 0 Å². The van der Waals surface area contributed by atoms with Gasteiger partial charge in [0.05, 0.1) is 0 Å². The number of benzene rings is 3. The minimum Gasteiger partial charge on any atom is -0.508 e. The van der Waals surface area contributed by atoms with Gasteiger partial charge in [-0.3, -0.25) is 14.4 Å². The van der Waals surface area contributed by atoms with Crippen molar-refractivity contribution in [3.05, 3.63) is 75.9 Å². The van der Waals surface area contributed by atoms with Crippen molar-refractivity contribution in [1.82, 2.24) is 0 Å². The van der Waals surface area contributed by atoms with Crippen LogP contribution in [0.3, 0.4) is 0 Å². The SMILES string of the molecule is O=Cc1ccc(-c2c3ccc(=O)cc-3oc3cc(O)ccc23)c(C=O)c1. The molecule has 2 aromatic carbocycles. The Bertz CT molecular complexity index is 1200. The van der Waals surface area contributed by atoms with Gasteiger partial charge in [-0.2, -0.15) is 0 Å². The summed E-state index contributed by atoms with van der Waals surface area (Å²) < 4.78 is 5.78. The number of hydrogen-bond donors (Lipinski definition) is 1. The van der Waals surface area contributed by atoms with E-state index in [4.69, 9.17) is 4.42 Å². The van der Waals surface area contributed by atoms with E-state index < -0.39 is 0 Å². The van der Waals surface area contributed by atoms with Crippen LogP contribution in [0.25, 0.3) is 33.4 Å². The van der Waals surface area contributed by atoms with Gasteiger partial charge in [-0.25, -0.2) is 0 Å². The first kappa shape index (κ1) is 15.8. The highest BCUT2D eigenvalue weighted by molar-refractivity contribution is 6.06. The van der Waals surface area contributed by atoms with Gasteiger partial charge in [0.2, 0.25) is 0 Å². The second-order valence-electron chi connectivity index (χ2n) is 5.90. The molecular weight excluding hydrogens is 332 g/mol. The van der Waals surface area contributed by atoms with E-state index in [1.807, 2.05) is 0 Å². The molecule has 126 valence electrons. The van der Waals surface area contributed by atoms with Crippen molar-refractivity contribution >= 4 is 23.5 Å². The molecule has 0 amide bonds. The molecule has 5 heteroatoms. The molecule has 0 spiro atoms. The van der Waals surface area contributed by atoms with Crippen molar-refractivity contribution in [2.24, 2.45) is 0 Å². The van der Waals surface area contributed by atoms with Gasteiger partial charge in [-0.15, -0.1) is 0 Å². The quantitative estimate of drug-likeness (QED) is 0.450. The number of hydrogen-bond acceptors (Lipinski definition) is 5. The second kappa shape index (κ2) is 5.97. The summed E-state index contributed by atoms with van der Waals surface area (Å²) in [4.78, 5) is 34.4. The summed E-state index contributed by atoms with van der Waals surface area (Å²) in [5, 5.41) is 10.4. The third kappa shape index (κ3) is 2.46. The van der Waals surface area contributed by atoms with Crippen LogP contribution in [0.2, 0.25) is 0 Å². The minimum atomic E-state index is -0.210. The molecular formula is C21H12O5. The van der Waals surface area contributed by atoms with Gasteiger partial charge < -0.3 is 9.52 Å². The number of fused-ring (bicyclic) bond motifs is 2. The van der Waals surface area contributed by atoms with E-state index in [1.165, 1.54) is 30.3 Å². The number of carbonyl (C=O) groups is 2. The van der Waals surface area contributed by atoms with E-state index in [9.17, 15) is 19.5 Å². The Hall–Kier alpha value is -3.73. The predicted octanol–water partition coefficient (Wildman–Crippen LogP) is 3.90. The number of aldehydes is 2. The lowest BCUT2D eigenvalue weighted by Gasteiger charge is -2.16. The van der Waals surface area contributed by atoms with Gasteiger partial charge in [-0.1, -0.05) is 12.1 Å². The number of carbonyl (C=O) groups excluding carboxylic acids is 2. The summed E-state index contributed by atoms with van der Waals surface area (Å²) >= 11 is 0. The van der Waals surface area contributed by atoms with E-state index in [-0.39, 0.29) is 11.2 Å². The summed E-state index contributed by atoms with van der Waals surface area (Å²) in [6, 6.07) is 13.9. The summed E-state index contributed by atoms with van der Waals surface area (Å²) in [6.07, 6.45) is 1.36. The maximum Gasteiger partial charge on any atom is 0.182 e. The van der Waals surface area contributed by atoms with Crippen molar-refractivity contribution in [3.8, 4) is 28.2 Å². The predicted molar refractivity (Wildman–Crippen MR) is 97.0 cm³/mol. The Labute approximate surface area is 147 Å². The zero-order chi connectivity index (χ0) is 18.3. The largest absolute Gasteiger partial charge is 0.508 e. The van der Waals surface area contributed by atoms with Crippen molar-refractivity contribution < 1.29 is 19.1 Å². The maximum absolute atomic E-state index is 11.7. The Balaban J connectivity index is 2.19. The maximum atomic E-state index is 11.7. The molecule has 0 bridgehead atoms. The van der Waals surface area contributed by atoms with Crippen molar-refractivity contribution in [3.63, 3.8) is 0 Å². The van der Waals surface area contributed by atoms with Crippen molar-refractivity contribution in [1.29, 1.82) is 0 Å². The molecule has 0 radical (unpaired) electrons. The molecule has 0 aromatic heterocycles. The van der Waals surface area contributed by atoms with Crippen LogP contribution in [-0.2, 0) is 0 Å². The van der Waals surface area contributed by atoms with Crippen LogP contribution >= 0.6 is 0 Å². The first-order valence-corrected chi connectivity index (χ1v) is 7.85. The van der Waals surface area contributed by atoms with Crippen LogP contribution in [-0.4, -0.2) is 17.7 Å². The lowest BCUT2D eigenvalue weighted by atomic mass is 9.90. The lowest BCUT2D eigenvalue weighted by molar-refractivity contribution is 0.112. The van der Waals surface area contributed by atoms with Crippen LogP contribution in [0.15, 0.2) is 63.8 Å². The molecule has 2 aromatic rings. The zero-order valence-corrected chi connectivity index (χ0v) is 13.4. The highest BCUT2D eigenvalue weighted by atomic mass is 16.3. The lowest BCUT2D eigenvalue weighted by Crippen LogP contribution is -2.01. The summed E-state index contributed by atoms with van der Waals surface area (Å²) in [5.41, 5.74) is 2.88. The number of phenolic OH excluding ortho intramolecular Hbond substituents is 1. The monoisotopic (exact) mass is 344 g/mol. The molecule has 5 nitrogen and oxygen atoms in total. The van der Waals surface area contributed by atoms with Crippen LogP contribution in [0.1, 0.15) is 20.7 Å². The number of rotatable bonds is 3. The average molecular weight is 344 g/mol. The van der Waals surface area contributed by atoms with Crippen LogP contribution < -0.4 is 5.43 Å². The van der Waals surface area contributed by atoms with Crippen LogP contribution in [0.5, 0.6) is 5.75 Å². The minimum absolute atomic E-state index is 0.0248. The van der Waals surface area contributed by atoms with Gasteiger partial charge in [0.25, 0.3) is 0 Å². The smallest absolute Gasteiger partial charge is 0.182 e. The Morgan fingerprint density at radius 2 is 1.65 bits per heavy atom.